The predicted molar refractivity (Wildman–Crippen MR) is 56.9 cm³/mol. The van der Waals surface area contributed by atoms with Crippen LogP contribution in [-0.2, 0) is 10.8 Å². The molecule has 1 heterocycles. The second kappa shape index (κ2) is 5.54. The van der Waals surface area contributed by atoms with E-state index in [9.17, 15) is 9.00 Å². The Morgan fingerprint density at radius 2 is 2.43 bits per heavy atom. The molecular formula is C8H13N3O2S. The zero-order valence-corrected chi connectivity index (χ0v) is 8.76. The fourth-order valence-electron chi connectivity index (χ4n) is 0.926. The minimum absolute atomic E-state index is 0.244. The van der Waals surface area contributed by atoms with E-state index in [4.69, 9.17) is 0 Å². The molecule has 0 radical (unpaired) electrons. The van der Waals surface area contributed by atoms with Gasteiger partial charge in [0.1, 0.15) is 0 Å². The van der Waals surface area contributed by atoms with Crippen LogP contribution >= 0.6 is 0 Å². The van der Waals surface area contributed by atoms with Crippen LogP contribution in [0.3, 0.4) is 0 Å². The highest BCUT2D eigenvalue weighted by Crippen LogP contribution is 1.97. The Balaban J connectivity index is 2.39. The van der Waals surface area contributed by atoms with Crippen molar-refractivity contribution in [3.8, 4) is 0 Å². The Morgan fingerprint density at radius 1 is 1.64 bits per heavy atom. The lowest BCUT2D eigenvalue weighted by molar-refractivity contribution is 0.684. The third-order valence-electron chi connectivity index (χ3n) is 1.65. The average molecular weight is 215 g/mol. The molecule has 0 aliphatic rings. The molecule has 0 saturated carbocycles. The maximum atomic E-state index is 11.1. The molecule has 78 valence electrons. The lowest BCUT2D eigenvalue weighted by atomic mass is 10.4. The van der Waals surface area contributed by atoms with Crippen molar-refractivity contribution in [1.29, 1.82) is 0 Å². The van der Waals surface area contributed by atoms with Crippen molar-refractivity contribution < 1.29 is 4.21 Å². The van der Waals surface area contributed by atoms with E-state index >= 15 is 0 Å². The second-order valence-electron chi connectivity index (χ2n) is 2.69. The van der Waals surface area contributed by atoms with Crippen molar-refractivity contribution >= 4 is 16.5 Å². The second-order valence-corrected chi connectivity index (χ2v) is 4.56. The Kier molecular flexibility index (Phi) is 4.31. The van der Waals surface area contributed by atoms with Crippen LogP contribution in [0.1, 0.15) is 6.92 Å². The van der Waals surface area contributed by atoms with Crippen molar-refractivity contribution in [2.24, 2.45) is 0 Å². The number of aromatic nitrogens is 2. The normalized spacial score (nSPS) is 12.4. The van der Waals surface area contributed by atoms with Crippen molar-refractivity contribution in [3.63, 3.8) is 0 Å². The van der Waals surface area contributed by atoms with Gasteiger partial charge in [0.05, 0.1) is 11.9 Å². The van der Waals surface area contributed by atoms with Gasteiger partial charge in [0.25, 0.3) is 5.56 Å². The smallest absolute Gasteiger partial charge is 0.266 e. The Hall–Kier alpha value is -1.17. The van der Waals surface area contributed by atoms with Crippen LogP contribution in [-0.4, -0.2) is 32.5 Å². The lowest BCUT2D eigenvalue weighted by Crippen LogP contribution is -2.14. The average Bonchev–Trinajstić information content (AvgIpc) is 2.17. The van der Waals surface area contributed by atoms with Crippen molar-refractivity contribution in [2.75, 3.05) is 23.4 Å². The molecule has 0 saturated heterocycles. The van der Waals surface area contributed by atoms with Gasteiger partial charge < -0.3 is 5.32 Å². The number of H-pyrrole nitrogens is 1. The fourth-order valence-corrected chi connectivity index (χ4v) is 1.54. The topological polar surface area (TPSA) is 74.8 Å². The molecule has 0 aliphatic heterocycles. The summed E-state index contributed by atoms with van der Waals surface area (Å²) in [6.45, 7) is 2.47. The molecule has 0 fully saturated rings. The molecule has 0 amide bonds. The highest BCUT2D eigenvalue weighted by atomic mass is 32.2. The highest BCUT2D eigenvalue weighted by Gasteiger charge is 1.96. The molecule has 2 N–H and O–H groups in total. The highest BCUT2D eigenvalue weighted by molar-refractivity contribution is 7.84. The maximum absolute atomic E-state index is 11.1. The van der Waals surface area contributed by atoms with E-state index < -0.39 is 10.8 Å². The summed E-state index contributed by atoms with van der Waals surface area (Å²) in [6.07, 6.45) is 1.52. The molecule has 0 aliphatic carbocycles. The summed E-state index contributed by atoms with van der Waals surface area (Å²) in [4.78, 5) is 10.8. The third-order valence-corrected chi connectivity index (χ3v) is 2.95. The number of rotatable bonds is 5. The number of nitrogens with zero attached hydrogens (tertiary/aromatic N) is 1. The van der Waals surface area contributed by atoms with E-state index in [2.05, 4.69) is 15.5 Å². The van der Waals surface area contributed by atoms with Gasteiger partial charge in [-0.05, 0) is 0 Å². The van der Waals surface area contributed by atoms with Gasteiger partial charge in [-0.15, -0.1) is 0 Å². The molecule has 1 aromatic heterocycles. The summed E-state index contributed by atoms with van der Waals surface area (Å²) in [5.41, 5.74) is 0.411. The van der Waals surface area contributed by atoms with Crippen molar-refractivity contribution in [3.05, 3.63) is 22.6 Å². The molecule has 6 heteroatoms. The van der Waals surface area contributed by atoms with E-state index in [1.54, 1.807) is 0 Å². The summed E-state index contributed by atoms with van der Waals surface area (Å²) in [6, 6.07) is 1.42. The Labute approximate surface area is 84.4 Å². The molecule has 0 aromatic carbocycles. The summed E-state index contributed by atoms with van der Waals surface area (Å²) in [7, 11) is -0.775. The number of anilines is 1. The maximum Gasteiger partial charge on any atom is 0.266 e. The van der Waals surface area contributed by atoms with Crippen molar-refractivity contribution in [2.45, 2.75) is 6.92 Å². The van der Waals surface area contributed by atoms with Crippen LogP contribution < -0.4 is 10.9 Å². The van der Waals surface area contributed by atoms with Gasteiger partial charge in [-0.1, -0.05) is 6.92 Å². The molecule has 0 bridgehead atoms. The zero-order valence-electron chi connectivity index (χ0n) is 7.95. The number of hydrogen-bond acceptors (Lipinski definition) is 4. The first-order chi connectivity index (χ1) is 6.72. The molecule has 1 atom stereocenters. The Morgan fingerprint density at radius 3 is 3.07 bits per heavy atom. The summed E-state index contributed by atoms with van der Waals surface area (Å²) in [5, 5.41) is 8.88. The molecule has 0 spiro atoms. The minimum Gasteiger partial charge on any atom is -0.383 e. The predicted octanol–water partition coefficient (Wildman–Crippen LogP) is -0.0496. The first-order valence-corrected chi connectivity index (χ1v) is 5.84. The number of aromatic amines is 1. The van der Waals surface area contributed by atoms with Gasteiger partial charge in [0.2, 0.25) is 0 Å². The molecule has 1 unspecified atom stereocenters. The molecule has 14 heavy (non-hydrogen) atoms. The van der Waals surface area contributed by atoms with E-state index in [-0.39, 0.29) is 5.56 Å². The van der Waals surface area contributed by atoms with Gasteiger partial charge in [0, 0.05) is 34.9 Å². The van der Waals surface area contributed by atoms with Gasteiger partial charge in [-0.3, -0.25) is 9.00 Å². The van der Waals surface area contributed by atoms with Gasteiger partial charge >= 0.3 is 0 Å². The van der Waals surface area contributed by atoms with Crippen LogP contribution in [0.2, 0.25) is 0 Å². The lowest BCUT2D eigenvalue weighted by Gasteiger charge is -2.03. The van der Waals surface area contributed by atoms with E-state index in [0.29, 0.717) is 23.7 Å². The monoisotopic (exact) mass is 215 g/mol. The minimum atomic E-state index is -0.775. The fraction of sp³-hybridized carbons (Fsp3) is 0.500. The Bertz CT molecular complexity index is 364. The largest absolute Gasteiger partial charge is 0.383 e. The molecule has 1 rings (SSSR count). The third kappa shape index (κ3) is 3.69. The SMILES string of the molecule is CCS(=O)CCNc1cn[nH]c(=O)c1. The summed E-state index contributed by atoms with van der Waals surface area (Å²) < 4.78 is 11.1. The van der Waals surface area contributed by atoms with E-state index in [1.165, 1.54) is 12.3 Å². The van der Waals surface area contributed by atoms with Gasteiger partial charge in [-0.25, -0.2) is 5.10 Å². The number of nitrogens with one attached hydrogen (secondary N) is 2. The molecular weight excluding hydrogens is 202 g/mol. The summed E-state index contributed by atoms with van der Waals surface area (Å²) >= 11 is 0. The van der Waals surface area contributed by atoms with Crippen LogP contribution in [0.5, 0.6) is 0 Å². The van der Waals surface area contributed by atoms with E-state index in [1.807, 2.05) is 6.92 Å². The molecule has 5 nitrogen and oxygen atoms in total. The van der Waals surface area contributed by atoms with Gasteiger partial charge in [0.15, 0.2) is 0 Å². The van der Waals surface area contributed by atoms with Crippen LogP contribution in [0.4, 0.5) is 5.69 Å². The van der Waals surface area contributed by atoms with Crippen molar-refractivity contribution in [1.82, 2.24) is 10.2 Å². The standard InChI is InChI=1S/C8H13N3O2S/c1-2-14(13)4-3-9-7-5-8(12)11-10-6-7/h5-6H,2-4H2,1H3,(H2,9,11,12). The zero-order chi connectivity index (χ0) is 10.4. The van der Waals surface area contributed by atoms with Crippen LogP contribution in [0, 0.1) is 0 Å². The van der Waals surface area contributed by atoms with E-state index in [0.717, 1.165) is 0 Å². The van der Waals surface area contributed by atoms with Crippen LogP contribution in [0.15, 0.2) is 17.1 Å². The van der Waals surface area contributed by atoms with Gasteiger partial charge in [-0.2, -0.15) is 5.10 Å². The van der Waals surface area contributed by atoms with Crippen LogP contribution in [0.25, 0.3) is 0 Å². The summed E-state index contributed by atoms with van der Waals surface area (Å²) in [5.74, 6) is 1.25. The first-order valence-electron chi connectivity index (χ1n) is 4.36. The molecule has 1 aromatic rings. The number of hydrogen-bond donors (Lipinski definition) is 2. The quantitative estimate of drug-likeness (QED) is 0.722. The first kappa shape index (κ1) is 10.9.